The number of hydrogen-bond donors (Lipinski definition) is 5. The van der Waals surface area contributed by atoms with Crippen LogP contribution >= 0.6 is 0 Å². The van der Waals surface area contributed by atoms with Gasteiger partial charge in [0.25, 0.3) is 40.5 Å². The molecule has 2 atom stereocenters. The Balaban J connectivity index is 1.37. The van der Waals surface area contributed by atoms with Crippen LogP contribution in [-0.4, -0.2) is 265 Å². The second kappa shape index (κ2) is 40.9. The molecule has 2 aliphatic heterocycles. The van der Waals surface area contributed by atoms with E-state index in [1.54, 1.807) is 62.2 Å². The number of nitrogens with zero attached hydrogens (tertiary/aromatic N) is 2. The number of rotatable bonds is 53. The number of unbranched alkanes of at least 4 members (excludes halogenated alkanes) is 2. The molecule has 102 heavy (non-hydrogen) atoms. The molecule has 0 radical (unpaired) electrons. The maximum Gasteiger partial charge on any atom is 0.303 e. The summed E-state index contributed by atoms with van der Waals surface area (Å²) in [5.74, 6) is -1.69. The predicted octanol–water partition coefficient (Wildman–Crippen LogP) is 5.93. The molecule has 0 bridgehead atoms. The van der Waals surface area contributed by atoms with Gasteiger partial charge in [0, 0.05) is 86.7 Å². The maximum atomic E-state index is 13.1. The molecular weight excluding hydrogens is 1450 g/mol. The number of hydrogen-bond acceptors (Lipinski definition) is 25. The number of carbonyl (C=O) groups is 1. The van der Waals surface area contributed by atoms with Crippen LogP contribution in [0.4, 0.5) is 11.4 Å². The van der Waals surface area contributed by atoms with Gasteiger partial charge >= 0.3 is 5.97 Å². The Kier molecular flexibility index (Phi) is 34.3. The summed E-state index contributed by atoms with van der Waals surface area (Å²) in [5.41, 5.74) is -0.172. The normalized spacial score (nSPS) is 17.3. The lowest BCUT2D eigenvalue weighted by atomic mass is 9.75. The Labute approximate surface area is 596 Å². The zero-order valence-corrected chi connectivity index (χ0v) is 61.7. The molecule has 0 amide bonds. The van der Waals surface area contributed by atoms with E-state index in [0.717, 1.165) is 12.1 Å². The van der Waals surface area contributed by atoms with Crippen molar-refractivity contribution < 1.29 is 136 Å². The third-order valence-corrected chi connectivity index (χ3v) is 21.0. The van der Waals surface area contributed by atoms with Gasteiger partial charge in [0.1, 0.15) is 21.6 Å². The van der Waals surface area contributed by atoms with Crippen LogP contribution in [0.2, 0.25) is 0 Å². The van der Waals surface area contributed by atoms with Gasteiger partial charge in [-0.1, -0.05) is 30.7 Å². The lowest BCUT2D eigenvalue weighted by Crippen LogP contribution is -2.33. The van der Waals surface area contributed by atoms with Crippen LogP contribution in [0, 0.1) is 0 Å². The molecule has 4 aromatic carbocycles. The van der Waals surface area contributed by atoms with Crippen molar-refractivity contribution in [3.05, 3.63) is 95.7 Å². The fraction of sp³-hybridized carbons (Fsp3) is 0.576. The summed E-state index contributed by atoms with van der Waals surface area (Å²) in [7, 11) is -22.2. The Morgan fingerprint density at radius 2 is 0.922 bits per heavy atom. The summed E-state index contributed by atoms with van der Waals surface area (Å²) >= 11 is 0. The van der Waals surface area contributed by atoms with Crippen molar-refractivity contribution in [3.63, 3.8) is 0 Å². The lowest BCUT2D eigenvalue weighted by molar-refractivity contribution is -0.437. The van der Waals surface area contributed by atoms with E-state index in [9.17, 15) is 74.8 Å². The largest absolute Gasteiger partial charge is 0.744 e. The molecule has 4 aromatic rings. The monoisotopic (exact) mass is 1540 g/mol. The molecule has 6 rings (SSSR count). The van der Waals surface area contributed by atoms with E-state index in [2.05, 4.69) is 0 Å². The number of fused-ring (bicyclic) bond motifs is 6. The van der Waals surface area contributed by atoms with Crippen molar-refractivity contribution in [2.75, 3.05) is 183 Å². The molecule has 0 saturated carbocycles. The molecule has 5 N–H and O–H groups in total. The minimum Gasteiger partial charge on any atom is -0.744 e. The molecule has 2 unspecified atom stereocenters. The SMILES string of the molecule is COCCOCCOCCOCCOCCOCCC1(C)C(/C=C/C=C/C=C2/N(CCCCCC(=O)O)c3ccc4c(S(=O)(=O)[O-])cc(S(=O)(=O)O)cc4c3C2(C)CCOCCOCCOCCOCCOCCOC)=[N+](CCCS(=O)(=O)O)c2ccc3c(S(=O)(=O)O)cc(S(=O)(=O)O)cc3c21. The lowest BCUT2D eigenvalue weighted by Gasteiger charge is -2.31. The summed E-state index contributed by atoms with van der Waals surface area (Å²) < 4.78 is 251. The molecular formula is C66H94N2O29S5. The van der Waals surface area contributed by atoms with Crippen LogP contribution in [-0.2, 0) is 123 Å². The number of aliphatic carboxylic acids is 1. The molecule has 0 saturated heterocycles. The number of allylic oxidation sites excluding steroid dienone is 6. The number of ether oxygens (including phenoxy) is 12. The highest BCUT2D eigenvalue weighted by molar-refractivity contribution is 7.87. The predicted molar refractivity (Wildman–Crippen MR) is 372 cm³/mol. The zero-order valence-electron chi connectivity index (χ0n) is 57.6. The summed E-state index contributed by atoms with van der Waals surface area (Å²) in [6.45, 7) is 9.87. The van der Waals surface area contributed by atoms with Crippen molar-refractivity contribution in [2.45, 2.75) is 89.2 Å². The number of methoxy groups -OCH3 is 2. The molecule has 0 spiro atoms. The summed E-state index contributed by atoms with van der Waals surface area (Å²) in [4.78, 5) is 10.0. The van der Waals surface area contributed by atoms with Gasteiger partial charge in [0.2, 0.25) is 5.69 Å². The van der Waals surface area contributed by atoms with E-state index in [1.165, 1.54) is 18.2 Å². The fourth-order valence-electron chi connectivity index (χ4n) is 12.0. The van der Waals surface area contributed by atoms with Gasteiger partial charge in [0.15, 0.2) is 5.71 Å². The minimum atomic E-state index is -5.40. The fourth-order valence-corrected chi connectivity index (χ4v) is 15.1. The van der Waals surface area contributed by atoms with Crippen LogP contribution in [0.5, 0.6) is 0 Å². The number of carboxylic acid groups (broad SMARTS) is 1. The molecule has 31 nitrogen and oxygen atoms in total. The van der Waals surface area contributed by atoms with Gasteiger partial charge < -0.3 is 71.4 Å². The average molecular weight is 1540 g/mol. The topological polar surface area (TPSA) is 429 Å². The first-order chi connectivity index (χ1) is 48.4. The van der Waals surface area contributed by atoms with Gasteiger partial charge in [-0.15, -0.1) is 0 Å². The van der Waals surface area contributed by atoms with Gasteiger partial charge in [-0.25, -0.2) is 8.42 Å². The van der Waals surface area contributed by atoms with Crippen LogP contribution < -0.4 is 4.90 Å². The van der Waals surface area contributed by atoms with Crippen molar-refractivity contribution >= 4 is 95.2 Å². The average Bonchev–Trinajstić information content (AvgIpc) is 1.54. The Morgan fingerprint density at radius 1 is 0.490 bits per heavy atom. The molecule has 0 fully saturated rings. The highest BCUT2D eigenvalue weighted by atomic mass is 32.2. The standard InChI is InChI=1S/C66H94N2O29S5/c1-65(19-23-88-29-31-92-37-39-96-43-41-94-35-33-90-27-25-86-3)60(67(21-10-6-9-14-62(69)70)56-17-15-52-54(63(56)65)46-50(99(74,75)76)48-58(52)101(80,81)82)12-7-5-8-13-61-66(2,20-24-89-30-32-93-38-40-97-44-42-95-36-34-91-28-26-87-4)64-55-47-51(100(77,78)79)49-59(102(83,84)85)53(55)16-18-57(64)68(61)22-11-45-98(71,72)73/h5,7-8,12-13,15-18,46-49H,6,9-11,14,19-45H2,1-4H3,(H5-,69,70,71,72,73,74,75,76,77,78,79,80,81,82,83,84,85). The molecule has 2 heterocycles. The van der Waals surface area contributed by atoms with Crippen molar-refractivity contribution in [3.8, 4) is 0 Å². The quantitative estimate of drug-likeness (QED) is 0.0148. The highest BCUT2D eigenvalue weighted by Gasteiger charge is 2.50. The molecule has 36 heteroatoms. The van der Waals surface area contributed by atoms with E-state index in [0.29, 0.717) is 145 Å². The first-order valence-corrected chi connectivity index (χ1v) is 40.2. The Bertz CT molecular complexity index is 4150. The van der Waals surface area contributed by atoms with Crippen LogP contribution in [0.25, 0.3) is 21.5 Å². The Hall–Kier alpha value is -5.37. The highest BCUT2D eigenvalue weighted by Crippen LogP contribution is 2.54. The third-order valence-electron chi connectivity index (χ3n) is 16.8. The van der Waals surface area contributed by atoms with Crippen LogP contribution in [0.3, 0.4) is 0 Å². The van der Waals surface area contributed by atoms with E-state index in [-0.39, 0.29) is 126 Å². The number of anilines is 1. The summed E-state index contributed by atoms with van der Waals surface area (Å²) in [5, 5.41) is 9.19. The molecule has 0 aromatic heterocycles. The number of carboxylic acids is 1. The van der Waals surface area contributed by atoms with E-state index < -0.39 is 92.7 Å². The summed E-state index contributed by atoms with van der Waals surface area (Å²) in [6, 6.07) is 9.17. The smallest absolute Gasteiger partial charge is 0.303 e. The van der Waals surface area contributed by atoms with Crippen molar-refractivity contribution in [2.24, 2.45) is 0 Å². The van der Waals surface area contributed by atoms with E-state index >= 15 is 0 Å². The van der Waals surface area contributed by atoms with E-state index in [4.69, 9.17) is 56.8 Å². The van der Waals surface area contributed by atoms with Crippen LogP contribution in [0.1, 0.15) is 69.9 Å². The summed E-state index contributed by atoms with van der Waals surface area (Å²) in [6.07, 6.45) is 9.39. The Morgan fingerprint density at radius 3 is 1.36 bits per heavy atom. The maximum absolute atomic E-state index is 13.1. The van der Waals surface area contributed by atoms with Gasteiger partial charge in [-0.2, -0.15) is 38.2 Å². The molecule has 2 aliphatic rings. The van der Waals surface area contributed by atoms with Crippen molar-refractivity contribution in [1.29, 1.82) is 0 Å². The van der Waals surface area contributed by atoms with Gasteiger partial charge in [-0.3, -0.25) is 23.0 Å². The van der Waals surface area contributed by atoms with Crippen molar-refractivity contribution in [1.82, 2.24) is 0 Å². The molecule has 572 valence electrons. The zero-order chi connectivity index (χ0) is 74.6. The number of benzene rings is 4. The second-order valence-electron chi connectivity index (χ2n) is 23.9. The minimum absolute atomic E-state index is 0.00760. The van der Waals surface area contributed by atoms with Gasteiger partial charge in [-0.05, 0) is 104 Å². The first kappa shape index (κ1) is 85.6. The van der Waals surface area contributed by atoms with Crippen LogP contribution in [0.15, 0.2) is 104 Å². The second-order valence-corrected chi connectivity index (χ2v) is 31.1. The third kappa shape index (κ3) is 25.7. The van der Waals surface area contributed by atoms with E-state index in [1.807, 2.05) is 11.8 Å². The first-order valence-electron chi connectivity index (χ1n) is 32.9. The van der Waals surface area contributed by atoms with Gasteiger partial charge in [0.05, 0.1) is 158 Å². The molecule has 0 aliphatic carbocycles.